The fourth-order valence-electron chi connectivity index (χ4n) is 3.11. The molecule has 0 radical (unpaired) electrons. The number of fused-ring (bicyclic) bond motifs is 1. The lowest BCUT2D eigenvalue weighted by Gasteiger charge is -2.29. The number of anilines is 1. The van der Waals surface area contributed by atoms with Gasteiger partial charge in [-0.15, -0.1) is 0 Å². The van der Waals surface area contributed by atoms with E-state index in [1.807, 2.05) is 55.5 Å². The maximum absolute atomic E-state index is 13.1. The quantitative estimate of drug-likeness (QED) is 0.554. The first kappa shape index (κ1) is 16.4. The molecule has 1 heterocycles. The van der Waals surface area contributed by atoms with E-state index in [9.17, 15) is 4.79 Å². The molecule has 0 fully saturated rings. The third kappa shape index (κ3) is 2.47. The summed E-state index contributed by atoms with van der Waals surface area (Å²) in [5.41, 5.74) is 2.64. The van der Waals surface area contributed by atoms with E-state index in [0.717, 1.165) is 20.4 Å². The highest BCUT2D eigenvalue weighted by molar-refractivity contribution is 14.1. The van der Waals surface area contributed by atoms with Crippen molar-refractivity contribution in [2.75, 3.05) is 19.1 Å². The van der Waals surface area contributed by atoms with Crippen molar-refractivity contribution in [2.45, 2.75) is 18.8 Å². The molecule has 1 atom stereocenters. The van der Waals surface area contributed by atoms with Crippen molar-refractivity contribution < 1.29 is 14.3 Å². The van der Waals surface area contributed by atoms with Crippen LogP contribution in [0.4, 0.5) is 5.69 Å². The number of carbonyl (C=O) groups excluding carboxylic acids is 1. The van der Waals surface area contributed by atoms with E-state index in [1.165, 1.54) is 14.2 Å². The van der Waals surface area contributed by atoms with E-state index < -0.39 is 5.79 Å². The molecule has 0 saturated heterocycles. The monoisotopic (exact) mass is 423 g/mol. The zero-order valence-electron chi connectivity index (χ0n) is 13.2. The van der Waals surface area contributed by atoms with Crippen molar-refractivity contribution in [1.29, 1.82) is 0 Å². The van der Waals surface area contributed by atoms with Crippen molar-refractivity contribution in [1.82, 2.24) is 0 Å². The lowest BCUT2D eigenvalue weighted by Crippen LogP contribution is -2.44. The van der Waals surface area contributed by atoms with Crippen molar-refractivity contribution in [2.24, 2.45) is 0 Å². The third-order valence-corrected chi connectivity index (χ3v) is 4.99. The van der Waals surface area contributed by atoms with Gasteiger partial charge in [-0.05, 0) is 53.3 Å². The van der Waals surface area contributed by atoms with Crippen LogP contribution < -0.4 is 4.90 Å². The molecule has 1 aliphatic rings. The first-order chi connectivity index (χ1) is 11.0. The first-order valence-corrected chi connectivity index (χ1v) is 8.42. The van der Waals surface area contributed by atoms with Gasteiger partial charge in [0.1, 0.15) is 0 Å². The molecule has 1 unspecified atom stereocenters. The maximum atomic E-state index is 13.1. The van der Waals surface area contributed by atoms with E-state index in [-0.39, 0.29) is 11.9 Å². The summed E-state index contributed by atoms with van der Waals surface area (Å²) in [5.74, 6) is -1.57. The van der Waals surface area contributed by atoms with Crippen LogP contribution in [-0.4, -0.2) is 20.1 Å². The van der Waals surface area contributed by atoms with Gasteiger partial charge in [-0.3, -0.25) is 9.69 Å². The Kier molecular flexibility index (Phi) is 4.44. The molecule has 0 bridgehead atoms. The molecule has 3 rings (SSSR count). The van der Waals surface area contributed by atoms with Crippen LogP contribution in [0.5, 0.6) is 0 Å². The molecule has 5 heteroatoms. The summed E-state index contributed by atoms with van der Waals surface area (Å²) in [6.45, 7) is 2.01. The smallest absolute Gasteiger partial charge is 0.293 e. The van der Waals surface area contributed by atoms with Crippen LogP contribution >= 0.6 is 22.6 Å². The molecule has 0 aromatic heterocycles. The standard InChI is InChI=1S/C18H18INO3/c1-12(13-7-5-4-6-8-13)20-16-10-9-14(19)11-15(16)18(22-2,23-3)17(20)21/h4-12H,1-3H3. The van der Waals surface area contributed by atoms with Crippen LogP contribution in [0.25, 0.3) is 0 Å². The molecule has 1 amide bonds. The number of nitrogens with zero attached hydrogens (tertiary/aromatic N) is 1. The number of carbonyl (C=O) groups is 1. The van der Waals surface area contributed by atoms with Crippen LogP contribution in [0.1, 0.15) is 24.1 Å². The van der Waals surface area contributed by atoms with Gasteiger partial charge in [-0.2, -0.15) is 0 Å². The van der Waals surface area contributed by atoms with Gasteiger partial charge in [0.25, 0.3) is 11.7 Å². The van der Waals surface area contributed by atoms with Crippen LogP contribution in [0, 0.1) is 3.57 Å². The Morgan fingerprint density at radius 1 is 1.09 bits per heavy atom. The highest BCUT2D eigenvalue weighted by Crippen LogP contribution is 2.46. The number of rotatable bonds is 4. The van der Waals surface area contributed by atoms with Crippen molar-refractivity contribution in [3.05, 3.63) is 63.2 Å². The minimum Gasteiger partial charge on any atom is -0.342 e. The summed E-state index contributed by atoms with van der Waals surface area (Å²) in [5, 5.41) is 0. The fourth-order valence-corrected chi connectivity index (χ4v) is 3.60. The number of benzene rings is 2. The second-order valence-corrected chi connectivity index (χ2v) is 6.69. The van der Waals surface area contributed by atoms with Crippen LogP contribution in [-0.2, 0) is 20.1 Å². The van der Waals surface area contributed by atoms with Gasteiger partial charge in [0.15, 0.2) is 0 Å². The Bertz CT molecular complexity index is 728. The summed E-state index contributed by atoms with van der Waals surface area (Å²) in [4.78, 5) is 14.9. The van der Waals surface area contributed by atoms with Crippen LogP contribution in [0.2, 0.25) is 0 Å². The van der Waals surface area contributed by atoms with Gasteiger partial charge in [-0.25, -0.2) is 0 Å². The SMILES string of the molecule is COC1(OC)C(=O)N(C(C)c2ccccc2)c2ccc(I)cc21. The second-order valence-electron chi connectivity index (χ2n) is 5.45. The average Bonchev–Trinajstić information content (AvgIpc) is 2.83. The molecule has 0 saturated carbocycles. The number of hydrogen-bond acceptors (Lipinski definition) is 3. The highest BCUT2D eigenvalue weighted by Gasteiger charge is 2.54. The fraction of sp³-hybridized carbons (Fsp3) is 0.278. The summed E-state index contributed by atoms with van der Waals surface area (Å²) in [6, 6.07) is 15.7. The number of ether oxygens (including phenoxy) is 2. The minimum absolute atomic E-state index is 0.116. The van der Waals surface area contributed by atoms with Crippen LogP contribution in [0.3, 0.4) is 0 Å². The molecule has 0 N–H and O–H groups in total. The number of amides is 1. The van der Waals surface area contributed by atoms with Gasteiger partial charge in [-0.1, -0.05) is 30.3 Å². The van der Waals surface area contributed by atoms with Crippen molar-refractivity contribution >= 4 is 34.2 Å². The maximum Gasteiger partial charge on any atom is 0.293 e. The Hall–Kier alpha value is -1.44. The van der Waals surface area contributed by atoms with Crippen LogP contribution in [0.15, 0.2) is 48.5 Å². The summed E-state index contributed by atoms with van der Waals surface area (Å²) < 4.78 is 12.1. The molecular weight excluding hydrogens is 405 g/mol. The normalized spacial score (nSPS) is 17.2. The van der Waals surface area contributed by atoms with E-state index >= 15 is 0 Å². The Labute approximate surface area is 149 Å². The summed E-state index contributed by atoms with van der Waals surface area (Å²) in [7, 11) is 3.00. The zero-order valence-corrected chi connectivity index (χ0v) is 15.4. The minimum atomic E-state index is -1.38. The Balaban J connectivity index is 2.15. The van der Waals surface area contributed by atoms with Gasteiger partial charge >= 0.3 is 0 Å². The third-order valence-electron chi connectivity index (χ3n) is 4.32. The number of halogens is 1. The molecular formula is C18H18INO3. The molecule has 4 nitrogen and oxygen atoms in total. The van der Waals surface area contributed by atoms with Gasteiger partial charge in [0.2, 0.25) is 0 Å². The van der Waals surface area contributed by atoms with Crippen molar-refractivity contribution in [3.63, 3.8) is 0 Å². The van der Waals surface area contributed by atoms with Gasteiger partial charge in [0, 0.05) is 23.4 Å². The molecule has 0 aliphatic carbocycles. The molecule has 0 spiro atoms. The number of methoxy groups -OCH3 is 2. The number of hydrogen-bond donors (Lipinski definition) is 0. The zero-order chi connectivity index (χ0) is 16.6. The average molecular weight is 423 g/mol. The summed E-state index contributed by atoms with van der Waals surface area (Å²) in [6.07, 6.45) is 0. The predicted octanol–water partition coefficient (Wildman–Crippen LogP) is 3.84. The second kappa shape index (κ2) is 6.22. The van der Waals surface area contributed by atoms with Crippen molar-refractivity contribution in [3.8, 4) is 0 Å². The first-order valence-electron chi connectivity index (χ1n) is 7.34. The van der Waals surface area contributed by atoms with E-state index in [4.69, 9.17) is 9.47 Å². The molecule has 2 aromatic rings. The van der Waals surface area contributed by atoms with Gasteiger partial charge < -0.3 is 9.47 Å². The Morgan fingerprint density at radius 3 is 2.35 bits per heavy atom. The molecule has 120 valence electrons. The lowest BCUT2D eigenvalue weighted by molar-refractivity contribution is -0.209. The van der Waals surface area contributed by atoms with E-state index in [0.29, 0.717) is 0 Å². The topological polar surface area (TPSA) is 38.8 Å². The largest absolute Gasteiger partial charge is 0.342 e. The van der Waals surface area contributed by atoms with E-state index in [2.05, 4.69) is 22.6 Å². The Morgan fingerprint density at radius 2 is 1.74 bits per heavy atom. The highest BCUT2D eigenvalue weighted by atomic mass is 127. The van der Waals surface area contributed by atoms with Gasteiger partial charge in [0.05, 0.1) is 11.7 Å². The molecule has 23 heavy (non-hydrogen) atoms. The summed E-state index contributed by atoms with van der Waals surface area (Å²) >= 11 is 2.22. The molecule has 1 aliphatic heterocycles. The predicted molar refractivity (Wildman–Crippen MR) is 97.2 cm³/mol. The molecule has 2 aromatic carbocycles. The lowest BCUT2D eigenvalue weighted by atomic mass is 10.1. The van der Waals surface area contributed by atoms with E-state index in [1.54, 1.807) is 4.90 Å².